The number of carboxylic acids is 1. The van der Waals surface area contributed by atoms with Crippen molar-refractivity contribution in [1.82, 2.24) is 4.72 Å². The molecule has 0 amide bonds. The summed E-state index contributed by atoms with van der Waals surface area (Å²) >= 11 is 1.47. The Morgan fingerprint density at radius 2 is 1.59 bits per heavy atom. The van der Waals surface area contributed by atoms with Crippen LogP contribution < -0.4 is 9.46 Å². The molecule has 8 nitrogen and oxygen atoms in total. The second-order valence-corrected chi connectivity index (χ2v) is 11.3. The van der Waals surface area contributed by atoms with E-state index in [0.29, 0.717) is 25.4 Å². The van der Waals surface area contributed by atoms with Gasteiger partial charge in [0.1, 0.15) is 11.8 Å². The number of nitrogens with one attached hydrogen (secondary N) is 1. The average molecular weight is 544 g/mol. The number of thioether (sulfide) groups is 1. The number of hydrogen-bond donors (Lipinski definition) is 2. The van der Waals surface area contributed by atoms with Gasteiger partial charge >= 0.3 is 5.97 Å². The van der Waals surface area contributed by atoms with Crippen molar-refractivity contribution in [1.29, 1.82) is 0 Å². The monoisotopic (exact) mass is 543 g/mol. The van der Waals surface area contributed by atoms with E-state index in [4.69, 9.17) is 14.2 Å². The number of benzene rings is 3. The van der Waals surface area contributed by atoms with Gasteiger partial charge in [0, 0.05) is 11.3 Å². The lowest BCUT2D eigenvalue weighted by atomic mass is 10.1. The Labute approximate surface area is 221 Å². The van der Waals surface area contributed by atoms with Crippen LogP contribution in [-0.4, -0.2) is 57.4 Å². The predicted molar refractivity (Wildman–Crippen MR) is 141 cm³/mol. The molecule has 196 valence electrons. The SMILES string of the molecule is COc1ccc(-c2ccc(S(=O)(=O)NC(CC3(CSc4ccccc4)OCCCO3)C(=O)O)cc2)cc1. The largest absolute Gasteiger partial charge is 0.497 e. The van der Waals surface area contributed by atoms with Crippen LogP contribution in [0.25, 0.3) is 11.1 Å². The van der Waals surface area contributed by atoms with Crippen LogP contribution in [0.1, 0.15) is 12.8 Å². The molecule has 1 aliphatic rings. The van der Waals surface area contributed by atoms with Gasteiger partial charge in [0.25, 0.3) is 0 Å². The van der Waals surface area contributed by atoms with E-state index in [9.17, 15) is 18.3 Å². The molecule has 0 spiro atoms. The lowest BCUT2D eigenvalue weighted by Gasteiger charge is -2.38. The van der Waals surface area contributed by atoms with Gasteiger partial charge in [-0.3, -0.25) is 4.79 Å². The number of carbonyl (C=O) groups is 1. The summed E-state index contributed by atoms with van der Waals surface area (Å²) < 4.78 is 45.6. The Bertz CT molecular complexity index is 1270. The van der Waals surface area contributed by atoms with Gasteiger partial charge in [0.2, 0.25) is 10.0 Å². The topological polar surface area (TPSA) is 111 Å². The third-order valence-corrected chi connectivity index (χ3v) is 8.60. The highest BCUT2D eigenvalue weighted by Crippen LogP contribution is 2.32. The van der Waals surface area contributed by atoms with Crippen LogP contribution in [0.2, 0.25) is 0 Å². The standard InChI is InChI=1S/C27H29NO7S2/c1-33-22-12-8-20(9-13-22)21-10-14-24(15-11-21)37(31,32)28-25(26(29)30)18-27(34-16-5-17-35-27)19-36-23-6-3-2-4-7-23/h2-4,6-15,25,28H,5,16-19H2,1H3,(H,29,30). The second kappa shape index (κ2) is 12.1. The Balaban J connectivity index is 1.49. The summed E-state index contributed by atoms with van der Waals surface area (Å²) in [6.07, 6.45) is 0.507. The van der Waals surface area contributed by atoms with Crippen LogP contribution in [0.5, 0.6) is 5.75 Å². The molecule has 0 saturated carbocycles. The first-order valence-corrected chi connectivity index (χ1v) is 14.2. The molecule has 0 bridgehead atoms. The van der Waals surface area contributed by atoms with Crippen molar-refractivity contribution < 1.29 is 32.5 Å². The van der Waals surface area contributed by atoms with E-state index < -0.39 is 27.8 Å². The van der Waals surface area contributed by atoms with Crippen molar-refractivity contribution in [3.8, 4) is 16.9 Å². The van der Waals surface area contributed by atoms with Gasteiger partial charge in [-0.1, -0.05) is 42.5 Å². The molecule has 10 heteroatoms. The summed E-state index contributed by atoms with van der Waals surface area (Å²) in [5.74, 6) is -1.50. The van der Waals surface area contributed by atoms with E-state index in [-0.39, 0.29) is 11.3 Å². The zero-order valence-corrected chi connectivity index (χ0v) is 22.0. The summed E-state index contributed by atoms with van der Waals surface area (Å²) in [6.45, 7) is 0.808. The molecule has 1 aliphatic heterocycles. The van der Waals surface area contributed by atoms with Crippen LogP contribution >= 0.6 is 11.8 Å². The van der Waals surface area contributed by atoms with Crippen molar-refractivity contribution >= 4 is 27.8 Å². The number of rotatable bonds is 11. The minimum absolute atomic E-state index is 0.0331. The van der Waals surface area contributed by atoms with Gasteiger partial charge in [0.15, 0.2) is 5.79 Å². The molecule has 1 saturated heterocycles. The smallest absolute Gasteiger partial charge is 0.321 e. The predicted octanol–water partition coefficient (Wildman–Crippen LogP) is 4.41. The zero-order chi connectivity index (χ0) is 26.3. The average Bonchev–Trinajstić information content (AvgIpc) is 2.93. The molecular formula is C27H29NO7S2. The summed E-state index contributed by atoms with van der Waals surface area (Å²) in [5, 5.41) is 9.89. The number of carboxylic acid groups (broad SMARTS) is 1. The van der Waals surface area contributed by atoms with Crippen LogP contribution in [0.3, 0.4) is 0 Å². The van der Waals surface area contributed by atoms with Crippen molar-refractivity contribution in [2.45, 2.75) is 34.5 Å². The van der Waals surface area contributed by atoms with E-state index in [1.807, 2.05) is 54.6 Å². The number of aliphatic carboxylic acids is 1. The highest BCUT2D eigenvalue weighted by Gasteiger charge is 2.41. The number of hydrogen-bond acceptors (Lipinski definition) is 7. The van der Waals surface area contributed by atoms with Crippen molar-refractivity contribution in [3.63, 3.8) is 0 Å². The third-order valence-electron chi connectivity index (χ3n) is 5.92. The lowest BCUT2D eigenvalue weighted by Crippen LogP contribution is -2.51. The highest BCUT2D eigenvalue weighted by molar-refractivity contribution is 7.99. The molecule has 0 aromatic heterocycles. The van der Waals surface area contributed by atoms with E-state index in [2.05, 4.69) is 4.72 Å². The van der Waals surface area contributed by atoms with Crippen molar-refractivity contribution in [2.75, 3.05) is 26.1 Å². The first-order valence-electron chi connectivity index (χ1n) is 11.8. The fraction of sp³-hybridized carbons (Fsp3) is 0.296. The minimum atomic E-state index is -4.13. The fourth-order valence-corrected chi connectivity index (χ4v) is 6.15. The van der Waals surface area contributed by atoms with Crippen LogP contribution in [-0.2, 0) is 24.3 Å². The molecule has 4 rings (SSSR count). The molecule has 37 heavy (non-hydrogen) atoms. The minimum Gasteiger partial charge on any atom is -0.497 e. The van der Waals surface area contributed by atoms with Gasteiger partial charge in [-0.25, -0.2) is 8.42 Å². The summed E-state index contributed by atoms with van der Waals surface area (Å²) in [7, 11) is -2.54. The van der Waals surface area contributed by atoms with Crippen LogP contribution in [0, 0.1) is 0 Å². The molecule has 1 fully saturated rings. The number of methoxy groups -OCH3 is 1. The second-order valence-electron chi connectivity index (χ2n) is 8.53. The molecule has 1 unspecified atom stereocenters. The van der Waals surface area contributed by atoms with Crippen LogP contribution in [0.4, 0.5) is 0 Å². The van der Waals surface area contributed by atoms with E-state index in [1.54, 1.807) is 19.2 Å². The van der Waals surface area contributed by atoms with E-state index in [1.165, 1.54) is 23.9 Å². The van der Waals surface area contributed by atoms with E-state index in [0.717, 1.165) is 21.8 Å². The quantitative estimate of drug-likeness (QED) is 0.342. The highest BCUT2D eigenvalue weighted by atomic mass is 32.2. The summed E-state index contributed by atoms with van der Waals surface area (Å²) in [4.78, 5) is 13.1. The Hall–Kier alpha value is -2.89. The van der Waals surface area contributed by atoms with Gasteiger partial charge in [0.05, 0.1) is 31.0 Å². The zero-order valence-electron chi connectivity index (χ0n) is 20.3. The molecule has 0 aliphatic carbocycles. The molecule has 3 aromatic rings. The van der Waals surface area contributed by atoms with Gasteiger partial charge in [-0.05, 0) is 53.9 Å². The Morgan fingerprint density at radius 3 is 2.16 bits per heavy atom. The van der Waals surface area contributed by atoms with Gasteiger partial charge in [-0.15, -0.1) is 11.8 Å². The lowest BCUT2D eigenvalue weighted by molar-refractivity contribution is -0.257. The number of ether oxygens (including phenoxy) is 3. The van der Waals surface area contributed by atoms with Crippen LogP contribution in [0.15, 0.2) is 88.7 Å². The van der Waals surface area contributed by atoms with Crippen molar-refractivity contribution in [2.24, 2.45) is 0 Å². The molecular weight excluding hydrogens is 514 g/mol. The summed E-state index contributed by atoms with van der Waals surface area (Å²) in [6, 6.07) is 21.8. The molecule has 2 N–H and O–H groups in total. The maximum atomic E-state index is 13.1. The molecule has 0 radical (unpaired) electrons. The fourth-order valence-electron chi connectivity index (χ4n) is 3.94. The Morgan fingerprint density at radius 1 is 1.00 bits per heavy atom. The van der Waals surface area contributed by atoms with E-state index >= 15 is 0 Å². The maximum absolute atomic E-state index is 13.1. The number of sulfonamides is 1. The van der Waals surface area contributed by atoms with Gasteiger partial charge in [-0.2, -0.15) is 4.72 Å². The molecule has 3 aromatic carbocycles. The molecule has 1 heterocycles. The first-order chi connectivity index (χ1) is 17.8. The van der Waals surface area contributed by atoms with Gasteiger partial charge < -0.3 is 19.3 Å². The molecule has 1 atom stereocenters. The maximum Gasteiger partial charge on any atom is 0.321 e. The normalized spacial score (nSPS) is 16.1. The third kappa shape index (κ3) is 7.12. The van der Waals surface area contributed by atoms with Crippen molar-refractivity contribution in [3.05, 3.63) is 78.9 Å². The Kier molecular flexibility index (Phi) is 8.88. The summed E-state index contributed by atoms with van der Waals surface area (Å²) in [5.41, 5.74) is 1.71. The first kappa shape index (κ1) is 27.2.